The molecule has 0 aliphatic heterocycles. The van der Waals surface area contributed by atoms with Crippen LogP contribution < -0.4 is 0 Å². The largest absolute Gasteiger partial charge is 0.295 e. The van der Waals surface area contributed by atoms with E-state index in [-0.39, 0.29) is 0 Å². The highest BCUT2D eigenvalue weighted by Gasteiger charge is 2.60. The monoisotopic (exact) mass is 310 g/mol. The quantitative estimate of drug-likeness (QED) is 0.599. The lowest BCUT2D eigenvalue weighted by molar-refractivity contribution is -0.117. The number of fused-ring (bicyclic) bond motifs is 5. The second-order valence-corrected chi connectivity index (χ2v) is 9.66. The van der Waals surface area contributed by atoms with Crippen molar-refractivity contribution < 1.29 is 4.79 Å². The second-order valence-electron chi connectivity index (χ2n) is 9.66. The summed E-state index contributed by atoms with van der Waals surface area (Å²) >= 11 is 0. The molecule has 6 unspecified atom stereocenters. The number of ketones is 1. The van der Waals surface area contributed by atoms with Crippen molar-refractivity contribution in [3.8, 4) is 0 Å². The first-order valence-electron chi connectivity index (χ1n) is 9.94. The molecule has 6 atom stereocenters. The molecule has 0 radical (unpaired) electrons. The van der Waals surface area contributed by atoms with E-state index in [0.29, 0.717) is 16.6 Å². The number of rotatable bonds is 1. The molecule has 23 heavy (non-hydrogen) atoms. The van der Waals surface area contributed by atoms with Crippen LogP contribution in [-0.2, 0) is 4.79 Å². The molecule has 0 saturated heterocycles. The van der Waals surface area contributed by atoms with Crippen LogP contribution in [0.5, 0.6) is 0 Å². The average Bonchev–Trinajstić information content (AvgIpc) is 3.29. The molecule has 0 N–H and O–H groups in total. The maximum atomic E-state index is 11.9. The van der Waals surface area contributed by atoms with E-state index < -0.39 is 0 Å². The van der Waals surface area contributed by atoms with Crippen LogP contribution in [0.1, 0.15) is 65.2 Å². The highest BCUT2D eigenvalue weighted by atomic mass is 16.1. The van der Waals surface area contributed by atoms with E-state index in [4.69, 9.17) is 0 Å². The molecule has 0 aromatic carbocycles. The van der Waals surface area contributed by atoms with Crippen LogP contribution in [0.25, 0.3) is 0 Å². The minimum atomic E-state index is 0.341. The predicted molar refractivity (Wildman–Crippen MR) is 92.8 cm³/mol. The average molecular weight is 310 g/mol. The Hall–Kier alpha value is -0.850. The van der Waals surface area contributed by atoms with E-state index in [9.17, 15) is 4.79 Å². The molecule has 5 aliphatic rings. The SMILES string of the molecule is CC12CCC(=O)C=C1CCC1C2CCC2(C)C(C3C=C3)CCC12. The molecule has 5 rings (SSSR count). The molecule has 1 heteroatoms. The van der Waals surface area contributed by atoms with Crippen molar-refractivity contribution in [1.82, 2.24) is 0 Å². The van der Waals surface area contributed by atoms with Crippen LogP contribution in [-0.4, -0.2) is 5.78 Å². The first-order valence-corrected chi connectivity index (χ1v) is 9.94. The summed E-state index contributed by atoms with van der Waals surface area (Å²) in [5.74, 6) is 4.88. The minimum absolute atomic E-state index is 0.341. The molecule has 5 aliphatic carbocycles. The molecule has 0 bridgehead atoms. The van der Waals surface area contributed by atoms with Crippen molar-refractivity contribution in [3.63, 3.8) is 0 Å². The van der Waals surface area contributed by atoms with Crippen molar-refractivity contribution in [2.24, 2.45) is 40.4 Å². The zero-order chi connectivity index (χ0) is 15.8. The fourth-order valence-electron chi connectivity index (χ4n) is 7.56. The zero-order valence-corrected chi connectivity index (χ0v) is 14.7. The van der Waals surface area contributed by atoms with Gasteiger partial charge in [0.25, 0.3) is 0 Å². The Morgan fingerprint density at radius 2 is 1.70 bits per heavy atom. The lowest BCUT2D eigenvalue weighted by atomic mass is 9.46. The molecule has 1 nitrogen and oxygen atoms in total. The fraction of sp³-hybridized carbons (Fsp3) is 0.773. The van der Waals surface area contributed by atoms with Crippen molar-refractivity contribution in [3.05, 3.63) is 23.8 Å². The van der Waals surface area contributed by atoms with Crippen LogP contribution in [0.3, 0.4) is 0 Å². The minimum Gasteiger partial charge on any atom is -0.295 e. The van der Waals surface area contributed by atoms with Gasteiger partial charge in [-0.05, 0) is 91.4 Å². The Balaban J connectivity index is 1.47. The normalized spacial score (nSPS) is 51.7. The second kappa shape index (κ2) is 4.61. The summed E-state index contributed by atoms with van der Waals surface area (Å²) in [4.78, 5) is 11.9. The Morgan fingerprint density at radius 1 is 0.913 bits per heavy atom. The van der Waals surface area contributed by atoms with Gasteiger partial charge in [0.2, 0.25) is 0 Å². The molecular weight excluding hydrogens is 280 g/mol. The van der Waals surface area contributed by atoms with Gasteiger partial charge in [0.15, 0.2) is 5.78 Å². The van der Waals surface area contributed by atoms with Gasteiger partial charge < -0.3 is 0 Å². The maximum Gasteiger partial charge on any atom is 0.155 e. The molecule has 3 saturated carbocycles. The molecule has 0 amide bonds. The van der Waals surface area contributed by atoms with Gasteiger partial charge in [-0.2, -0.15) is 0 Å². The molecular formula is C22H30O. The number of carbonyl (C=O) groups is 1. The third-order valence-corrected chi connectivity index (χ3v) is 8.91. The predicted octanol–water partition coefficient (Wildman–Crippen LogP) is 5.32. The highest BCUT2D eigenvalue weighted by molar-refractivity contribution is 5.91. The molecule has 0 aromatic heterocycles. The topological polar surface area (TPSA) is 17.1 Å². The number of carbonyl (C=O) groups excluding carboxylic acids is 1. The van der Waals surface area contributed by atoms with Crippen molar-refractivity contribution in [2.45, 2.75) is 65.2 Å². The summed E-state index contributed by atoms with van der Waals surface area (Å²) in [5.41, 5.74) is 2.45. The summed E-state index contributed by atoms with van der Waals surface area (Å²) in [6, 6.07) is 0. The van der Waals surface area contributed by atoms with Gasteiger partial charge >= 0.3 is 0 Å². The smallest absolute Gasteiger partial charge is 0.155 e. The zero-order valence-electron chi connectivity index (χ0n) is 14.7. The van der Waals surface area contributed by atoms with Gasteiger partial charge in [-0.25, -0.2) is 0 Å². The Morgan fingerprint density at radius 3 is 2.48 bits per heavy atom. The van der Waals surface area contributed by atoms with Crippen LogP contribution in [0.4, 0.5) is 0 Å². The standard InChI is InChI=1S/C22H30O/c1-21-11-9-16(23)13-15(21)5-6-17-19-8-7-18(14-3-4-14)22(19,2)12-10-20(17)21/h3-4,13-14,17-20H,5-12H2,1-2H3. The van der Waals surface area contributed by atoms with Crippen molar-refractivity contribution in [1.29, 1.82) is 0 Å². The summed E-state index contributed by atoms with van der Waals surface area (Å²) in [6.07, 6.45) is 17.2. The maximum absolute atomic E-state index is 11.9. The summed E-state index contributed by atoms with van der Waals surface area (Å²) < 4.78 is 0. The Kier molecular flexibility index (Phi) is 2.91. The summed E-state index contributed by atoms with van der Waals surface area (Å²) in [7, 11) is 0. The lowest BCUT2D eigenvalue weighted by Crippen LogP contribution is -2.50. The van der Waals surface area contributed by atoms with Gasteiger partial charge in [-0.3, -0.25) is 4.79 Å². The summed E-state index contributed by atoms with van der Waals surface area (Å²) in [6.45, 7) is 5.13. The number of allylic oxidation sites excluding steroid dienone is 3. The summed E-state index contributed by atoms with van der Waals surface area (Å²) in [5, 5.41) is 0. The van der Waals surface area contributed by atoms with Crippen molar-refractivity contribution >= 4 is 5.78 Å². The highest BCUT2D eigenvalue weighted by Crippen LogP contribution is 2.68. The van der Waals surface area contributed by atoms with Crippen LogP contribution >= 0.6 is 0 Å². The van der Waals surface area contributed by atoms with E-state index in [1.807, 2.05) is 6.08 Å². The fourth-order valence-corrected chi connectivity index (χ4v) is 7.56. The third kappa shape index (κ3) is 1.88. The van der Waals surface area contributed by atoms with Crippen molar-refractivity contribution in [2.75, 3.05) is 0 Å². The molecule has 3 fully saturated rings. The van der Waals surface area contributed by atoms with E-state index in [1.54, 1.807) is 0 Å². The number of hydrogen-bond acceptors (Lipinski definition) is 1. The van der Waals surface area contributed by atoms with Gasteiger partial charge in [0, 0.05) is 6.42 Å². The Bertz CT molecular complexity index is 607. The first-order chi connectivity index (χ1) is 11.0. The lowest BCUT2D eigenvalue weighted by Gasteiger charge is -2.58. The van der Waals surface area contributed by atoms with Gasteiger partial charge in [0.05, 0.1) is 0 Å². The first kappa shape index (κ1) is 14.5. The Labute approximate surface area is 140 Å². The van der Waals surface area contributed by atoms with Gasteiger partial charge in [-0.15, -0.1) is 0 Å². The van der Waals surface area contributed by atoms with Crippen LogP contribution in [0.15, 0.2) is 23.8 Å². The van der Waals surface area contributed by atoms with E-state index in [2.05, 4.69) is 26.0 Å². The van der Waals surface area contributed by atoms with Gasteiger partial charge in [-0.1, -0.05) is 31.6 Å². The molecule has 0 spiro atoms. The number of hydrogen-bond donors (Lipinski definition) is 0. The van der Waals surface area contributed by atoms with Gasteiger partial charge in [0.1, 0.15) is 0 Å². The molecule has 124 valence electrons. The third-order valence-electron chi connectivity index (χ3n) is 8.91. The van der Waals surface area contributed by atoms with E-state index in [0.717, 1.165) is 42.4 Å². The molecule has 0 heterocycles. The van der Waals surface area contributed by atoms with E-state index in [1.165, 1.54) is 44.1 Å². The van der Waals surface area contributed by atoms with Crippen LogP contribution in [0, 0.1) is 40.4 Å². The van der Waals surface area contributed by atoms with Crippen LogP contribution in [0.2, 0.25) is 0 Å². The molecule has 0 aromatic rings. The van der Waals surface area contributed by atoms with E-state index >= 15 is 0 Å².